The highest BCUT2D eigenvalue weighted by Crippen LogP contribution is 2.31. The summed E-state index contributed by atoms with van der Waals surface area (Å²) in [5.41, 5.74) is 3.75. The van der Waals surface area contributed by atoms with Gasteiger partial charge in [0.25, 0.3) is 0 Å². The zero-order valence-corrected chi connectivity index (χ0v) is 52.8. The smallest absolute Gasteiger partial charge is 0.416 e. The minimum atomic E-state index is -4.52. The Morgan fingerprint density at radius 1 is 0.371 bits per heavy atom. The largest absolute Gasteiger partial charge is 0.507 e. The van der Waals surface area contributed by atoms with Crippen molar-refractivity contribution in [2.45, 2.75) is 52.1 Å². The molecule has 17 nitrogen and oxygen atoms in total. The van der Waals surface area contributed by atoms with E-state index < -0.39 is 47.1 Å². The van der Waals surface area contributed by atoms with Crippen LogP contribution < -0.4 is 9.47 Å². The fourth-order valence-electron chi connectivity index (χ4n) is 8.79. The maximum Gasteiger partial charge on any atom is 0.416 e. The molecule has 3 N–H and O–H groups in total. The van der Waals surface area contributed by atoms with Gasteiger partial charge in [0.15, 0.2) is 69.3 Å². The zero-order valence-electron chi connectivity index (χ0n) is 52.8. The third kappa shape index (κ3) is 22.7. The van der Waals surface area contributed by atoms with Gasteiger partial charge in [-0.15, -0.1) is 0 Å². The fraction of sp³-hybridized carbons (Fsp3) is 0.130. The molecule has 0 unspecified atom stereocenters. The second kappa shape index (κ2) is 36.2. The number of hydrogen-bond donors (Lipinski definition) is 3. The van der Waals surface area contributed by atoms with Gasteiger partial charge in [0.1, 0.15) is 17.2 Å². The first-order valence-corrected chi connectivity index (χ1v) is 29.5. The van der Waals surface area contributed by atoms with E-state index in [1.165, 1.54) is 75.2 Å². The summed E-state index contributed by atoms with van der Waals surface area (Å²) in [6, 6.07) is 56.3. The lowest BCUT2D eigenvalue weighted by Gasteiger charge is -2.09. The Morgan fingerprint density at radius 2 is 0.742 bits per heavy atom. The summed E-state index contributed by atoms with van der Waals surface area (Å²) in [7, 11) is 3.03. The monoisotopic (exact) mass is 1320 g/mol. The van der Waals surface area contributed by atoms with Crippen LogP contribution in [0.15, 0.2) is 241 Å². The lowest BCUT2D eigenvalue weighted by atomic mass is 9.99. The molecule has 0 atom stereocenters. The third-order valence-electron chi connectivity index (χ3n) is 14.1. The van der Waals surface area contributed by atoms with E-state index in [2.05, 4.69) is 4.98 Å². The van der Waals surface area contributed by atoms with Crippen molar-refractivity contribution < 1.29 is 90.3 Å². The van der Waals surface area contributed by atoms with Gasteiger partial charge < -0.3 is 29.2 Å². The molecular weight excluding hydrogens is 1250 g/mol. The van der Waals surface area contributed by atoms with E-state index in [0.717, 1.165) is 29.3 Å². The molecule has 0 aliphatic carbocycles. The number of phenols is 3. The molecule has 0 fully saturated rings. The number of aromatic hydroxyl groups is 3. The van der Waals surface area contributed by atoms with E-state index in [1.807, 2.05) is 32.0 Å². The van der Waals surface area contributed by atoms with Gasteiger partial charge in [-0.25, -0.2) is 0 Å². The number of alkyl halides is 3. The van der Waals surface area contributed by atoms with Crippen LogP contribution in [0.25, 0.3) is 0 Å². The molecule has 0 radical (unpaired) electrons. The topological polar surface area (TPSA) is 276 Å². The second-order valence-electron chi connectivity index (χ2n) is 21.1. The van der Waals surface area contributed by atoms with Gasteiger partial charge >= 0.3 is 6.18 Å². The van der Waals surface area contributed by atoms with E-state index >= 15 is 0 Å². The number of carbonyl (C=O) groups excluding carboxylic acids is 10. The first-order valence-electron chi connectivity index (χ1n) is 29.5. The number of para-hydroxylation sites is 3. The van der Waals surface area contributed by atoms with Crippen LogP contribution in [0, 0.1) is 13.8 Å². The number of aryl methyl sites for hydroxylation is 2. The van der Waals surface area contributed by atoms with Gasteiger partial charge in [-0.2, -0.15) is 13.2 Å². The number of halogens is 3. The summed E-state index contributed by atoms with van der Waals surface area (Å²) in [6.07, 6.45) is -1.62. The van der Waals surface area contributed by atoms with Crippen LogP contribution >= 0.6 is 0 Å². The molecule has 0 saturated carbocycles. The van der Waals surface area contributed by atoms with E-state index in [4.69, 9.17) is 13.9 Å². The maximum atomic E-state index is 12.6. The molecular formula is C77H64F3NO16. The molecule has 0 saturated heterocycles. The molecule has 97 heavy (non-hydrogen) atoms. The van der Waals surface area contributed by atoms with Crippen molar-refractivity contribution in [1.82, 2.24) is 4.98 Å². The fourth-order valence-corrected chi connectivity index (χ4v) is 8.79. The van der Waals surface area contributed by atoms with Crippen LogP contribution in [0.2, 0.25) is 0 Å². The predicted molar refractivity (Wildman–Crippen MR) is 353 cm³/mol. The molecule has 2 aromatic heterocycles. The number of nitrogens with zero attached hydrogens (tertiary/aromatic N) is 1. The molecule has 0 spiro atoms. The normalized spacial score (nSPS) is 10.3. The maximum absolute atomic E-state index is 12.6. The molecule has 494 valence electrons. The number of methoxy groups -OCH3 is 2. The third-order valence-corrected chi connectivity index (χ3v) is 14.1. The molecule has 0 amide bonds. The standard InChI is InChI=1S/C18H18O4.C17H13F3O2.C15H12O3.C14H11NO3.C13H10O4/c1-12-4-6-13(7-5-12)15(19)11-16(20)14-8-9-17(21-2)18(10-14)22-3;1-11-5-7-12(8-6-11)15(21)10-16(22)13-3-2-4-14(9-13)17(18,19)20;16-13-9-5-4-8-12(13)15(18)10-14(17)11-6-2-1-3-7-11;16-12-6-2-1-5-11(12)14(18)8-13(17)10-4-3-7-15-9-10;14-10-5-2-1-4-9(10)11(15)8-12(16)13-6-3-7-17-13/h4-10H,11H2,1-3H3;2-9H,10H2,1H3;1-9,16H,10H2;1-7,9,16H,8H2;1-7,14H,8H2. The van der Waals surface area contributed by atoms with Crippen molar-refractivity contribution in [2.24, 2.45) is 0 Å². The Morgan fingerprint density at radius 3 is 1.15 bits per heavy atom. The number of hydrogen-bond acceptors (Lipinski definition) is 17. The summed E-state index contributed by atoms with van der Waals surface area (Å²) < 4.78 is 53.1. The summed E-state index contributed by atoms with van der Waals surface area (Å²) in [5.74, 6) is -2.80. The van der Waals surface area contributed by atoms with Crippen LogP contribution in [-0.4, -0.2) is 92.4 Å². The lowest BCUT2D eigenvalue weighted by molar-refractivity contribution is -0.137. The van der Waals surface area contributed by atoms with Gasteiger partial charge in [-0.1, -0.05) is 139 Å². The highest BCUT2D eigenvalue weighted by Gasteiger charge is 2.31. The number of rotatable bonds is 22. The van der Waals surface area contributed by atoms with Gasteiger partial charge in [-0.3, -0.25) is 52.9 Å². The van der Waals surface area contributed by atoms with Gasteiger partial charge in [0, 0.05) is 45.8 Å². The Kier molecular flexibility index (Phi) is 27.5. The number of pyridine rings is 1. The highest BCUT2D eigenvalue weighted by molar-refractivity contribution is 6.17. The predicted octanol–water partition coefficient (Wildman–Crippen LogP) is 15.5. The Bertz CT molecular complexity index is 4290. The zero-order chi connectivity index (χ0) is 70.6. The number of benzene rings is 8. The van der Waals surface area contributed by atoms with E-state index in [0.29, 0.717) is 39.3 Å². The number of aromatic nitrogens is 1. The minimum Gasteiger partial charge on any atom is -0.507 e. The Balaban J connectivity index is 0.000000192. The van der Waals surface area contributed by atoms with Crippen molar-refractivity contribution in [3.8, 4) is 28.7 Å². The SMILES string of the molecule is COc1ccc(C(=O)CC(=O)c2ccc(C)cc2)cc1OC.Cc1ccc(C(=O)CC(=O)c2cccc(C(F)(F)F)c2)cc1.O=C(CC(=O)c1ccccc1O)c1ccccc1.O=C(CC(=O)c1ccccc1O)c1cccnc1.O=C(CC(=O)c1ccccc1O)c1ccco1. The van der Waals surface area contributed by atoms with Crippen molar-refractivity contribution in [3.63, 3.8) is 0 Å². The van der Waals surface area contributed by atoms with Crippen LogP contribution in [0.4, 0.5) is 13.2 Å². The average Bonchev–Trinajstić information content (AvgIpc) is 0.956. The molecule has 0 bridgehead atoms. The number of ether oxygens (including phenoxy) is 2. The summed E-state index contributed by atoms with van der Waals surface area (Å²) in [4.78, 5) is 123. The average molecular weight is 1320 g/mol. The van der Waals surface area contributed by atoms with E-state index in [-0.39, 0.29) is 99.9 Å². The first-order chi connectivity index (χ1) is 46.4. The summed E-state index contributed by atoms with van der Waals surface area (Å²) in [5, 5.41) is 28.5. The molecule has 2 heterocycles. The van der Waals surface area contributed by atoms with Gasteiger partial charge in [-0.05, 0) is 105 Å². The van der Waals surface area contributed by atoms with Crippen molar-refractivity contribution in [2.75, 3.05) is 14.2 Å². The molecule has 0 aliphatic heterocycles. The van der Waals surface area contributed by atoms with Crippen molar-refractivity contribution in [1.29, 1.82) is 0 Å². The van der Waals surface area contributed by atoms with Crippen molar-refractivity contribution >= 4 is 57.8 Å². The van der Waals surface area contributed by atoms with Crippen LogP contribution in [0.3, 0.4) is 0 Å². The van der Waals surface area contributed by atoms with Crippen molar-refractivity contribution in [3.05, 3.63) is 310 Å². The molecule has 8 aromatic carbocycles. The summed E-state index contributed by atoms with van der Waals surface area (Å²) >= 11 is 0. The molecule has 10 rings (SSSR count). The Labute approximate surface area is 555 Å². The number of phenolic OH excluding ortho intramolecular Hbond substituents is 3. The van der Waals surface area contributed by atoms with E-state index in [1.54, 1.807) is 140 Å². The lowest BCUT2D eigenvalue weighted by Crippen LogP contribution is -2.11. The summed E-state index contributed by atoms with van der Waals surface area (Å²) in [6.45, 7) is 3.81. The number of carbonyl (C=O) groups is 10. The van der Waals surface area contributed by atoms with Crippen LogP contribution in [0.1, 0.15) is 153 Å². The quantitative estimate of drug-likeness (QED) is 0.0420. The molecule has 10 aromatic rings. The van der Waals surface area contributed by atoms with E-state index in [9.17, 15) is 76.4 Å². The first kappa shape index (κ1) is 73.7. The number of Topliss-reactive ketones (excluding diaryl/α,β-unsaturated/α-hetero) is 10. The minimum absolute atomic E-state index is 0.0941. The molecule has 0 aliphatic rings. The van der Waals surface area contributed by atoms with Crippen LogP contribution in [0.5, 0.6) is 28.7 Å². The van der Waals surface area contributed by atoms with Crippen LogP contribution in [-0.2, 0) is 6.18 Å². The highest BCUT2D eigenvalue weighted by atomic mass is 19.4. The van der Waals surface area contributed by atoms with Gasteiger partial charge in [0.05, 0.1) is 74.8 Å². The number of furan rings is 1. The molecule has 20 heteroatoms. The van der Waals surface area contributed by atoms with Gasteiger partial charge in [0.2, 0.25) is 5.78 Å². The Hall–Kier alpha value is -12.3. The second-order valence-corrected chi connectivity index (χ2v) is 21.1. The number of ketones is 10.